The van der Waals surface area contributed by atoms with Crippen molar-refractivity contribution < 1.29 is 9.21 Å². The smallest absolute Gasteiger partial charge is 0.309 e. The SMILES string of the molecule is CCCCN(C(=O)c1nc(C)co1)C1CCCCCC1. The summed E-state index contributed by atoms with van der Waals surface area (Å²) < 4.78 is 5.31. The summed E-state index contributed by atoms with van der Waals surface area (Å²) in [4.78, 5) is 18.9. The van der Waals surface area contributed by atoms with Crippen LogP contribution in [0.25, 0.3) is 0 Å². The van der Waals surface area contributed by atoms with Crippen molar-refractivity contribution in [1.29, 1.82) is 0 Å². The Morgan fingerprint density at radius 2 is 2.05 bits per heavy atom. The van der Waals surface area contributed by atoms with Crippen LogP contribution in [0.3, 0.4) is 0 Å². The van der Waals surface area contributed by atoms with Crippen LogP contribution in [-0.2, 0) is 0 Å². The fourth-order valence-corrected chi connectivity index (χ4v) is 2.92. The number of nitrogens with zero attached hydrogens (tertiary/aromatic N) is 2. The summed E-state index contributed by atoms with van der Waals surface area (Å²) in [6.07, 6.45) is 11.0. The van der Waals surface area contributed by atoms with E-state index in [2.05, 4.69) is 11.9 Å². The Balaban J connectivity index is 2.10. The number of hydrogen-bond donors (Lipinski definition) is 0. The fourth-order valence-electron chi connectivity index (χ4n) is 2.92. The minimum absolute atomic E-state index is 0.0292. The number of aryl methyl sites for hydroxylation is 1. The highest BCUT2D eigenvalue weighted by Crippen LogP contribution is 2.23. The van der Waals surface area contributed by atoms with Gasteiger partial charge in [0.15, 0.2) is 0 Å². The summed E-state index contributed by atoms with van der Waals surface area (Å²) in [6.45, 7) is 4.83. The molecule has 1 aliphatic rings. The number of aromatic nitrogens is 1. The molecular formula is C16H26N2O2. The molecule has 1 aliphatic carbocycles. The van der Waals surface area contributed by atoms with Crippen LogP contribution in [0.5, 0.6) is 0 Å². The minimum Gasteiger partial charge on any atom is -0.441 e. The molecule has 1 fully saturated rings. The van der Waals surface area contributed by atoms with E-state index in [1.807, 2.05) is 11.8 Å². The first-order valence-electron chi connectivity index (χ1n) is 7.95. The first-order chi connectivity index (χ1) is 9.72. The van der Waals surface area contributed by atoms with Gasteiger partial charge < -0.3 is 9.32 Å². The molecule has 112 valence electrons. The summed E-state index contributed by atoms with van der Waals surface area (Å²) in [7, 11) is 0. The van der Waals surface area contributed by atoms with Gasteiger partial charge in [-0.2, -0.15) is 0 Å². The van der Waals surface area contributed by atoms with Crippen molar-refractivity contribution in [2.75, 3.05) is 6.54 Å². The summed E-state index contributed by atoms with van der Waals surface area (Å²) in [5.74, 6) is 0.223. The third-order valence-corrected chi connectivity index (χ3v) is 4.08. The van der Waals surface area contributed by atoms with E-state index in [1.54, 1.807) is 6.26 Å². The third kappa shape index (κ3) is 3.84. The second-order valence-corrected chi connectivity index (χ2v) is 5.79. The van der Waals surface area contributed by atoms with Crippen molar-refractivity contribution in [3.05, 3.63) is 17.8 Å². The molecule has 1 heterocycles. The van der Waals surface area contributed by atoms with Crippen LogP contribution in [-0.4, -0.2) is 28.4 Å². The monoisotopic (exact) mass is 278 g/mol. The summed E-state index contributed by atoms with van der Waals surface area (Å²) >= 11 is 0. The normalized spacial score (nSPS) is 16.9. The molecule has 1 saturated carbocycles. The molecule has 0 radical (unpaired) electrons. The van der Waals surface area contributed by atoms with Gasteiger partial charge in [-0.15, -0.1) is 0 Å². The molecule has 0 aliphatic heterocycles. The first kappa shape index (κ1) is 15.1. The molecule has 4 nitrogen and oxygen atoms in total. The van der Waals surface area contributed by atoms with Gasteiger partial charge in [0.25, 0.3) is 5.89 Å². The van der Waals surface area contributed by atoms with Gasteiger partial charge in [0.2, 0.25) is 0 Å². The number of rotatable bonds is 5. The number of hydrogen-bond acceptors (Lipinski definition) is 3. The first-order valence-corrected chi connectivity index (χ1v) is 7.95. The van der Waals surface area contributed by atoms with Crippen molar-refractivity contribution in [2.45, 2.75) is 71.3 Å². The maximum Gasteiger partial charge on any atom is 0.309 e. The van der Waals surface area contributed by atoms with E-state index in [-0.39, 0.29) is 11.8 Å². The molecule has 1 amide bonds. The van der Waals surface area contributed by atoms with Crippen molar-refractivity contribution in [3.8, 4) is 0 Å². The molecule has 1 aromatic rings. The number of unbranched alkanes of at least 4 members (excludes halogenated alkanes) is 1. The number of carbonyl (C=O) groups is 1. The summed E-state index contributed by atoms with van der Waals surface area (Å²) in [6, 6.07) is 0.365. The third-order valence-electron chi connectivity index (χ3n) is 4.08. The quantitative estimate of drug-likeness (QED) is 0.766. The van der Waals surface area contributed by atoms with E-state index in [1.165, 1.54) is 25.7 Å². The Labute approximate surface area is 121 Å². The lowest BCUT2D eigenvalue weighted by atomic mass is 10.1. The topological polar surface area (TPSA) is 46.3 Å². The average molecular weight is 278 g/mol. The van der Waals surface area contributed by atoms with Crippen molar-refractivity contribution in [2.24, 2.45) is 0 Å². The van der Waals surface area contributed by atoms with Gasteiger partial charge >= 0.3 is 5.91 Å². The highest BCUT2D eigenvalue weighted by molar-refractivity contribution is 5.89. The molecule has 20 heavy (non-hydrogen) atoms. The summed E-state index contributed by atoms with van der Waals surface area (Å²) in [5.41, 5.74) is 0.768. The van der Waals surface area contributed by atoms with Gasteiger partial charge in [0, 0.05) is 12.6 Å². The van der Waals surface area contributed by atoms with E-state index in [0.717, 1.165) is 37.9 Å². The zero-order chi connectivity index (χ0) is 14.4. The second-order valence-electron chi connectivity index (χ2n) is 5.79. The van der Waals surface area contributed by atoms with E-state index < -0.39 is 0 Å². The van der Waals surface area contributed by atoms with Crippen molar-refractivity contribution >= 4 is 5.91 Å². The van der Waals surface area contributed by atoms with Gasteiger partial charge in [0.1, 0.15) is 6.26 Å². The minimum atomic E-state index is -0.0292. The Hall–Kier alpha value is -1.32. The van der Waals surface area contributed by atoms with Crippen LogP contribution in [0.1, 0.15) is 74.7 Å². The Bertz CT molecular complexity index is 420. The van der Waals surface area contributed by atoms with Crippen LogP contribution < -0.4 is 0 Å². The van der Waals surface area contributed by atoms with E-state index in [4.69, 9.17) is 4.42 Å². The highest BCUT2D eigenvalue weighted by Gasteiger charge is 2.27. The molecule has 0 unspecified atom stereocenters. The van der Waals surface area contributed by atoms with E-state index in [9.17, 15) is 4.79 Å². The van der Waals surface area contributed by atoms with Gasteiger partial charge in [-0.05, 0) is 26.2 Å². The van der Waals surface area contributed by atoms with Gasteiger partial charge in [-0.3, -0.25) is 4.79 Å². The van der Waals surface area contributed by atoms with E-state index >= 15 is 0 Å². The van der Waals surface area contributed by atoms with Crippen LogP contribution in [0.4, 0.5) is 0 Å². The number of amides is 1. The highest BCUT2D eigenvalue weighted by atomic mass is 16.4. The van der Waals surface area contributed by atoms with Crippen LogP contribution in [0.15, 0.2) is 10.7 Å². The Morgan fingerprint density at radius 1 is 1.35 bits per heavy atom. The lowest BCUT2D eigenvalue weighted by Crippen LogP contribution is -2.41. The molecule has 0 saturated heterocycles. The lowest BCUT2D eigenvalue weighted by molar-refractivity contribution is 0.0616. The number of oxazole rings is 1. The molecule has 0 N–H and O–H groups in total. The van der Waals surface area contributed by atoms with Crippen LogP contribution >= 0.6 is 0 Å². The molecular weight excluding hydrogens is 252 g/mol. The Kier molecular flexibility index (Phi) is 5.62. The Morgan fingerprint density at radius 3 is 2.60 bits per heavy atom. The molecule has 1 aromatic heterocycles. The number of carbonyl (C=O) groups excluding carboxylic acids is 1. The van der Waals surface area contributed by atoms with Crippen molar-refractivity contribution in [1.82, 2.24) is 9.88 Å². The van der Waals surface area contributed by atoms with E-state index in [0.29, 0.717) is 6.04 Å². The summed E-state index contributed by atoms with van der Waals surface area (Å²) in [5, 5.41) is 0. The fraction of sp³-hybridized carbons (Fsp3) is 0.750. The lowest BCUT2D eigenvalue weighted by Gasteiger charge is -2.30. The molecule has 0 aromatic carbocycles. The standard InChI is InChI=1S/C16H26N2O2/c1-3-4-11-18(14-9-7-5-6-8-10-14)16(19)15-17-13(2)12-20-15/h12,14H,3-11H2,1-2H3. The van der Waals surface area contributed by atoms with Crippen LogP contribution in [0, 0.1) is 6.92 Å². The maximum absolute atomic E-state index is 12.6. The molecule has 0 atom stereocenters. The maximum atomic E-state index is 12.6. The average Bonchev–Trinajstić information content (AvgIpc) is 2.72. The predicted octanol–water partition coefficient (Wildman–Crippen LogP) is 3.95. The molecule has 0 bridgehead atoms. The molecule has 4 heteroatoms. The van der Waals surface area contributed by atoms with Crippen LogP contribution in [0.2, 0.25) is 0 Å². The second kappa shape index (κ2) is 7.46. The van der Waals surface area contributed by atoms with Gasteiger partial charge in [0.05, 0.1) is 5.69 Å². The zero-order valence-electron chi connectivity index (χ0n) is 12.7. The van der Waals surface area contributed by atoms with Gasteiger partial charge in [-0.1, -0.05) is 39.0 Å². The van der Waals surface area contributed by atoms with Gasteiger partial charge in [-0.25, -0.2) is 4.98 Å². The van der Waals surface area contributed by atoms with Crippen molar-refractivity contribution in [3.63, 3.8) is 0 Å². The molecule has 2 rings (SSSR count). The predicted molar refractivity (Wildman–Crippen MR) is 78.7 cm³/mol. The zero-order valence-corrected chi connectivity index (χ0v) is 12.7. The largest absolute Gasteiger partial charge is 0.441 e. The molecule has 0 spiro atoms.